The van der Waals surface area contributed by atoms with Crippen molar-refractivity contribution in [3.63, 3.8) is 0 Å². The van der Waals surface area contributed by atoms with E-state index in [0.29, 0.717) is 6.04 Å². The minimum atomic E-state index is 0. The fourth-order valence-electron chi connectivity index (χ4n) is 4.29. The predicted octanol–water partition coefficient (Wildman–Crippen LogP) is 3.42. The van der Waals surface area contributed by atoms with Gasteiger partial charge in [-0.2, -0.15) is 0 Å². The first-order valence-electron chi connectivity index (χ1n) is 11.0. The van der Waals surface area contributed by atoms with E-state index in [1.165, 1.54) is 11.3 Å². The van der Waals surface area contributed by atoms with Crippen molar-refractivity contribution in [2.45, 2.75) is 32.2 Å². The minimum absolute atomic E-state index is 0. The summed E-state index contributed by atoms with van der Waals surface area (Å²) in [4.78, 5) is 21.8. The van der Waals surface area contributed by atoms with Crippen LogP contribution in [0.25, 0.3) is 0 Å². The summed E-state index contributed by atoms with van der Waals surface area (Å²) in [5, 5.41) is 6.81. The molecule has 1 amide bonds. The summed E-state index contributed by atoms with van der Waals surface area (Å²) in [5.74, 6) is 0.771. The van der Waals surface area contributed by atoms with Gasteiger partial charge in [0.15, 0.2) is 5.96 Å². The van der Waals surface area contributed by atoms with Crippen LogP contribution in [0.5, 0.6) is 0 Å². The molecular formula is C24H32IN5O. The third-order valence-electron chi connectivity index (χ3n) is 5.78. The first-order chi connectivity index (χ1) is 14.7. The van der Waals surface area contributed by atoms with Crippen molar-refractivity contribution >= 4 is 47.2 Å². The van der Waals surface area contributed by atoms with Gasteiger partial charge in [0.25, 0.3) is 0 Å². The first-order valence-corrected chi connectivity index (χ1v) is 11.0. The Labute approximate surface area is 202 Å². The van der Waals surface area contributed by atoms with Gasteiger partial charge >= 0.3 is 0 Å². The molecule has 1 atom stereocenters. The summed E-state index contributed by atoms with van der Waals surface area (Å²) in [6.07, 6.45) is 3.09. The molecule has 1 unspecified atom stereocenters. The number of carbonyl (C=O) groups excluding carboxylic acids is 1. The number of halogens is 1. The number of aliphatic imine (C=N–C) groups is 1. The van der Waals surface area contributed by atoms with Crippen molar-refractivity contribution in [3.8, 4) is 0 Å². The van der Waals surface area contributed by atoms with Gasteiger partial charge in [0.1, 0.15) is 6.54 Å². The Morgan fingerprint density at radius 2 is 1.87 bits per heavy atom. The number of nitrogens with zero attached hydrogens (tertiary/aromatic N) is 3. The highest BCUT2D eigenvalue weighted by molar-refractivity contribution is 14.0. The van der Waals surface area contributed by atoms with Crippen LogP contribution in [0.2, 0.25) is 0 Å². The zero-order valence-electron chi connectivity index (χ0n) is 18.1. The third-order valence-corrected chi connectivity index (χ3v) is 5.78. The molecule has 0 saturated carbocycles. The van der Waals surface area contributed by atoms with Gasteiger partial charge in [-0.1, -0.05) is 36.4 Å². The van der Waals surface area contributed by atoms with Gasteiger partial charge in [0.2, 0.25) is 5.91 Å². The number of anilines is 2. The molecule has 2 aliphatic rings. The van der Waals surface area contributed by atoms with Gasteiger partial charge < -0.3 is 20.4 Å². The highest BCUT2D eigenvalue weighted by Crippen LogP contribution is 2.26. The number of carbonyl (C=O) groups is 1. The van der Waals surface area contributed by atoms with Crippen molar-refractivity contribution in [2.24, 2.45) is 4.99 Å². The van der Waals surface area contributed by atoms with E-state index >= 15 is 0 Å². The predicted molar refractivity (Wildman–Crippen MR) is 139 cm³/mol. The molecule has 4 rings (SSSR count). The Morgan fingerprint density at radius 3 is 2.68 bits per heavy atom. The van der Waals surface area contributed by atoms with Crippen molar-refractivity contribution < 1.29 is 4.79 Å². The standard InChI is InChI=1S/C24H31N5O.HI/c1-2-25-24(27-20-14-16-28(18-20)21-11-4-3-5-12-21)26-17-23(30)29-15-8-10-19-9-6-7-13-22(19)29;/h3-7,9,11-13,20H,2,8,10,14-18H2,1H3,(H2,25,26,27);1H. The number of benzene rings is 2. The number of hydrogen-bond donors (Lipinski definition) is 2. The topological polar surface area (TPSA) is 60.0 Å². The summed E-state index contributed by atoms with van der Waals surface area (Å²) in [5.41, 5.74) is 3.54. The van der Waals surface area contributed by atoms with Gasteiger partial charge in [-0.25, -0.2) is 4.99 Å². The number of amides is 1. The Kier molecular flexibility index (Phi) is 8.57. The maximum atomic E-state index is 12.9. The van der Waals surface area contributed by atoms with E-state index in [1.54, 1.807) is 0 Å². The van der Waals surface area contributed by atoms with Gasteiger partial charge in [0, 0.05) is 43.6 Å². The number of hydrogen-bond acceptors (Lipinski definition) is 3. The second-order valence-electron chi connectivity index (χ2n) is 7.88. The molecule has 2 aromatic carbocycles. The lowest BCUT2D eigenvalue weighted by Gasteiger charge is -2.29. The number of fused-ring (bicyclic) bond motifs is 1. The molecule has 0 aromatic heterocycles. The molecule has 0 spiro atoms. The summed E-state index contributed by atoms with van der Waals surface area (Å²) in [6.45, 7) is 5.68. The number of rotatable bonds is 5. The Morgan fingerprint density at radius 1 is 1.10 bits per heavy atom. The maximum Gasteiger partial charge on any atom is 0.248 e. The summed E-state index contributed by atoms with van der Waals surface area (Å²) >= 11 is 0. The molecule has 1 saturated heterocycles. The zero-order valence-corrected chi connectivity index (χ0v) is 20.4. The van der Waals surface area contributed by atoms with Crippen LogP contribution < -0.4 is 20.4 Å². The zero-order chi connectivity index (χ0) is 20.8. The lowest BCUT2D eigenvalue weighted by atomic mass is 10.0. The average Bonchev–Trinajstić information content (AvgIpc) is 3.26. The van der Waals surface area contributed by atoms with Crippen molar-refractivity contribution in [2.75, 3.05) is 42.5 Å². The third kappa shape index (κ3) is 5.90. The largest absolute Gasteiger partial charge is 0.369 e. The second-order valence-corrected chi connectivity index (χ2v) is 7.88. The molecule has 2 N–H and O–H groups in total. The smallest absolute Gasteiger partial charge is 0.248 e. The highest BCUT2D eigenvalue weighted by atomic mass is 127. The first kappa shape index (κ1) is 23.4. The van der Waals surface area contributed by atoms with Gasteiger partial charge in [-0.15, -0.1) is 24.0 Å². The second kappa shape index (κ2) is 11.4. The van der Waals surface area contributed by atoms with Crippen LogP contribution in [-0.4, -0.2) is 50.6 Å². The van der Waals surface area contributed by atoms with Gasteiger partial charge in [-0.3, -0.25) is 4.79 Å². The van der Waals surface area contributed by atoms with E-state index in [2.05, 4.69) is 50.9 Å². The molecule has 2 heterocycles. The van der Waals surface area contributed by atoms with Gasteiger partial charge in [0.05, 0.1) is 0 Å². The Hall–Kier alpha value is -2.29. The average molecular weight is 533 g/mol. The van der Waals surface area contributed by atoms with E-state index in [0.717, 1.165) is 57.1 Å². The molecule has 2 aromatic rings. The normalized spacial score (nSPS) is 18.2. The van der Waals surface area contributed by atoms with Crippen LogP contribution in [0.1, 0.15) is 25.3 Å². The molecule has 7 heteroatoms. The van der Waals surface area contributed by atoms with E-state index in [-0.39, 0.29) is 36.4 Å². The highest BCUT2D eigenvalue weighted by Gasteiger charge is 2.24. The van der Waals surface area contributed by atoms with Crippen molar-refractivity contribution in [3.05, 3.63) is 60.2 Å². The lowest BCUT2D eigenvalue weighted by molar-refractivity contribution is -0.117. The molecular weight excluding hydrogens is 501 g/mol. The SMILES string of the molecule is CCNC(=NCC(=O)N1CCCc2ccccc21)NC1CCN(c2ccccc2)C1.I. The van der Waals surface area contributed by atoms with Crippen molar-refractivity contribution in [1.82, 2.24) is 10.6 Å². The van der Waals surface area contributed by atoms with Crippen LogP contribution in [0.15, 0.2) is 59.6 Å². The Bertz CT molecular complexity index is 889. The fraction of sp³-hybridized carbons (Fsp3) is 0.417. The fourth-order valence-corrected chi connectivity index (χ4v) is 4.29. The molecule has 2 aliphatic heterocycles. The molecule has 31 heavy (non-hydrogen) atoms. The molecule has 0 radical (unpaired) electrons. The van der Waals surface area contributed by atoms with E-state index in [9.17, 15) is 4.79 Å². The molecule has 166 valence electrons. The number of aryl methyl sites for hydroxylation is 1. The van der Waals surface area contributed by atoms with Crippen LogP contribution >= 0.6 is 24.0 Å². The van der Waals surface area contributed by atoms with E-state index < -0.39 is 0 Å². The van der Waals surface area contributed by atoms with Crippen LogP contribution in [0, 0.1) is 0 Å². The molecule has 0 bridgehead atoms. The number of guanidine groups is 1. The Balaban J connectivity index is 0.00000272. The number of para-hydroxylation sites is 2. The van der Waals surface area contributed by atoms with Crippen LogP contribution in [0.4, 0.5) is 11.4 Å². The van der Waals surface area contributed by atoms with Crippen LogP contribution in [0.3, 0.4) is 0 Å². The molecule has 0 aliphatic carbocycles. The number of nitrogens with one attached hydrogen (secondary N) is 2. The van der Waals surface area contributed by atoms with Crippen LogP contribution in [-0.2, 0) is 11.2 Å². The monoisotopic (exact) mass is 533 g/mol. The van der Waals surface area contributed by atoms with Gasteiger partial charge in [-0.05, 0) is 49.9 Å². The summed E-state index contributed by atoms with van der Waals surface area (Å²) < 4.78 is 0. The lowest BCUT2D eigenvalue weighted by Crippen LogP contribution is -2.45. The molecule has 6 nitrogen and oxygen atoms in total. The van der Waals surface area contributed by atoms with E-state index in [1.807, 2.05) is 36.1 Å². The summed E-state index contributed by atoms with van der Waals surface area (Å²) in [6, 6.07) is 19.0. The van der Waals surface area contributed by atoms with Crippen molar-refractivity contribution in [1.29, 1.82) is 0 Å². The minimum Gasteiger partial charge on any atom is -0.369 e. The molecule has 1 fully saturated rings. The maximum absolute atomic E-state index is 12.9. The van der Waals surface area contributed by atoms with E-state index in [4.69, 9.17) is 0 Å². The summed E-state index contributed by atoms with van der Waals surface area (Å²) in [7, 11) is 0. The quantitative estimate of drug-likeness (QED) is 0.352.